The maximum atomic E-state index is 12.1. The minimum Gasteiger partial charge on any atom is -0.483 e. The monoisotopic (exact) mass is 500 g/mol. The van der Waals surface area contributed by atoms with Crippen LogP contribution in [-0.2, 0) is 4.79 Å². The molecule has 0 spiro atoms. The first kappa shape index (κ1) is 22.5. The number of hydrogen-bond acceptors (Lipinski definition) is 6. The van der Waals surface area contributed by atoms with Crippen molar-refractivity contribution in [2.45, 2.75) is 6.92 Å². The standard InChI is InChI=1S/C17H14BrClN4O5S/c1-9-2-5-14(11(18)6-9)28-8-15(24)20-17(29)22-21-16(25)10-3-4-12(19)13(7-10)23(26)27/h2-7H,8H2,1H3,(H,21,25)(H2,20,22,24,29). The quantitative estimate of drug-likeness (QED) is 0.327. The van der Waals surface area contributed by atoms with Crippen LogP contribution in [0.3, 0.4) is 0 Å². The molecule has 9 nitrogen and oxygen atoms in total. The van der Waals surface area contributed by atoms with Gasteiger partial charge in [-0.2, -0.15) is 0 Å². The normalized spacial score (nSPS) is 10.0. The summed E-state index contributed by atoms with van der Waals surface area (Å²) in [5.74, 6) is -0.769. The van der Waals surface area contributed by atoms with Gasteiger partial charge in [0, 0.05) is 11.6 Å². The molecule has 0 aliphatic heterocycles. The van der Waals surface area contributed by atoms with Gasteiger partial charge in [0.2, 0.25) is 0 Å². The van der Waals surface area contributed by atoms with Crippen LogP contribution in [0.15, 0.2) is 40.9 Å². The van der Waals surface area contributed by atoms with Crippen molar-refractivity contribution in [1.29, 1.82) is 0 Å². The fraction of sp³-hybridized carbons (Fsp3) is 0.118. The van der Waals surface area contributed by atoms with Crippen molar-refractivity contribution in [2.24, 2.45) is 0 Å². The molecule has 2 aromatic carbocycles. The van der Waals surface area contributed by atoms with Crippen molar-refractivity contribution < 1.29 is 19.2 Å². The number of carbonyl (C=O) groups excluding carboxylic acids is 2. The van der Waals surface area contributed by atoms with Gasteiger partial charge in [-0.25, -0.2) is 0 Å². The molecule has 152 valence electrons. The van der Waals surface area contributed by atoms with Gasteiger partial charge in [0.05, 0.1) is 9.40 Å². The molecular formula is C17H14BrClN4O5S. The molecule has 0 aliphatic carbocycles. The molecule has 0 radical (unpaired) electrons. The lowest BCUT2D eigenvalue weighted by Crippen LogP contribution is -2.49. The first-order chi connectivity index (χ1) is 13.7. The van der Waals surface area contributed by atoms with Crippen LogP contribution in [0.25, 0.3) is 0 Å². The fourth-order valence-corrected chi connectivity index (χ4v) is 3.00. The molecule has 0 unspecified atom stereocenters. The summed E-state index contributed by atoms with van der Waals surface area (Å²) in [6.07, 6.45) is 0. The fourth-order valence-electron chi connectivity index (χ4n) is 2.04. The van der Waals surface area contributed by atoms with Crippen LogP contribution in [0.5, 0.6) is 5.75 Å². The van der Waals surface area contributed by atoms with Gasteiger partial charge in [0.15, 0.2) is 11.7 Å². The lowest BCUT2D eigenvalue weighted by atomic mass is 10.2. The number of nitrogens with one attached hydrogen (secondary N) is 3. The maximum Gasteiger partial charge on any atom is 0.288 e. The second-order valence-electron chi connectivity index (χ2n) is 5.60. The first-order valence-corrected chi connectivity index (χ1v) is 9.48. The zero-order chi connectivity index (χ0) is 21.6. The van der Waals surface area contributed by atoms with Crippen molar-refractivity contribution in [2.75, 3.05) is 6.61 Å². The largest absolute Gasteiger partial charge is 0.483 e. The Labute approximate surface area is 184 Å². The van der Waals surface area contributed by atoms with Gasteiger partial charge < -0.3 is 4.74 Å². The van der Waals surface area contributed by atoms with Gasteiger partial charge in [-0.3, -0.25) is 35.9 Å². The zero-order valence-corrected chi connectivity index (χ0v) is 18.0. The molecule has 12 heteroatoms. The van der Waals surface area contributed by atoms with E-state index >= 15 is 0 Å². The Morgan fingerprint density at radius 1 is 1.24 bits per heavy atom. The highest BCUT2D eigenvalue weighted by molar-refractivity contribution is 9.10. The third-order valence-corrected chi connectivity index (χ3v) is 4.54. The molecule has 0 saturated heterocycles. The van der Waals surface area contributed by atoms with Crippen LogP contribution >= 0.6 is 39.7 Å². The lowest BCUT2D eigenvalue weighted by Gasteiger charge is -2.12. The highest BCUT2D eigenvalue weighted by Gasteiger charge is 2.16. The molecule has 3 N–H and O–H groups in total. The number of nitrogens with zero attached hydrogens (tertiary/aromatic N) is 1. The molecule has 0 heterocycles. The van der Waals surface area contributed by atoms with E-state index in [0.717, 1.165) is 11.6 Å². The number of ether oxygens (including phenoxy) is 1. The number of amides is 2. The van der Waals surface area contributed by atoms with E-state index in [2.05, 4.69) is 32.1 Å². The summed E-state index contributed by atoms with van der Waals surface area (Å²) in [6, 6.07) is 8.95. The van der Waals surface area contributed by atoms with Gasteiger partial charge >= 0.3 is 0 Å². The lowest BCUT2D eigenvalue weighted by molar-refractivity contribution is -0.384. The molecule has 0 saturated carbocycles. The number of carbonyl (C=O) groups is 2. The molecule has 0 bridgehead atoms. The Morgan fingerprint density at radius 2 is 1.97 bits per heavy atom. The number of nitro benzene ring substituents is 1. The summed E-state index contributed by atoms with van der Waals surface area (Å²) in [5.41, 5.74) is 5.15. The predicted octanol–water partition coefficient (Wildman–Crippen LogP) is 3.03. The van der Waals surface area contributed by atoms with E-state index in [1.807, 2.05) is 19.1 Å². The molecule has 2 rings (SSSR count). The average molecular weight is 502 g/mol. The Bertz CT molecular complexity index is 988. The van der Waals surface area contributed by atoms with Gasteiger partial charge in [0.25, 0.3) is 17.5 Å². The number of halogens is 2. The number of benzene rings is 2. The molecule has 2 amide bonds. The summed E-state index contributed by atoms with van der Waals surface area (Å²) >= 11 is 13.9. The molecule has 0 atom stereocenters. The minimum absolute atomic E-state index is 0.0183. The molecular weight excluding hydrogens is 488 g/mol. The Balaban J connectivity index is 1.83. The van der Waals surface area contributed by atoms with E-state index in [-0.39, 0.29) is 22.3 Å². The number of rotatable bonds is 5. The van der Waals surface area contributed by atoms with Crippen LogP contribution < -0.4 is 20.9 Å². The summed E-state index contributed by atoms with van der Waals surface area (Å²) in [5, 5.41) is 12.9. The Hall–Kier alpha value is -2.76. The Morgan fingerprint density at radius 3 is 2.62 bits per heavy atom. The van der Waals surface area contributed by atoms with Gasteiger partial charge in [-0.15, -0.1) is 0 Å². The third kappa shape index (κ3) is 6.66. The summed E-state index contributed by atoms with van der Waals surface area (Å²) < 4.78 is 6.09. The SMILES string of the molecule is Cc1ccc(OCC(=O)NC(=S)NNC(=O)c2ccc(Cl)c([N+](=O)[O-])c2)c(Br)c1. The van der Waals surface area contributed by atoms with Crippen LogP contribution in [-0.4, -0.2) is 28.5 Å². The topological polar surface area (TPSA) is 123 Å². The van der Waals surface area contributed by atoms with Crippen molar-refractivity contribution in [3.63, 3.8) is 0 Å². The highest BCUT2D eigenvalue weighted by atomic mass is 79.9. The van der Waals surface area contributed by atoms with E-state index in [1.54, 1.807) is 6.07 Å². The number of aryl methyl sites for hydroxylation is 1. The van der Waals surface area contributed by atoms with Crippen molar-refractivity contribution in [3.8, 4) is 5.75 Å². The van der Waals surface area contributed by atoms with E-state index in [9.17, 15) is 19.7 Å². The van der Waals surface area contributed by atoms with E-state index in [1.165, 1.54) is 12.1 Å². The highest BCUT2D eigenvalue weighted by Crippen LogP contribution is 2.26. The zero-order valence-electron chi connectivity index (χ0n) is 14.8. The van der Waals surface area contributed by atoms with E-state index < -0.39 is 22.4 Å². The van der Waals surface area contributed by atoms with Crippen LogP contribution in [0.2, 0.25) is 5.02 Å². The predicted molar refractivity (Wildman–Crippen MR) is 114 cm³/mol. The van der Waals surface area contributed by atoms with Crippen LogP contribution in [0, 0.1) is 17.0 Å². The van der Waals surface area contributed by atoms with E-state index in [4.69, 9.17) is 28.6 Å². The second kappa shape index (κ2) is 10.1. The number of thiocarbonyl (C=S) groups is 1. The summed E-state index contributed by atoms with van der Waals surface area (Å²) in [4.78, 5) is 34.1. The van der Waals surface area contributed by atoms with E-state index in [0.29, 0.717) is 10.2 Å². The molecule has 29 heavy (non-hydrogen) atoms. The van der Waals surface area contributed by atoms with Crippen molar-refractivity contribution >= 4 is 62.4 Å². The second-order valence-corrected chi connectivity index (χ2v) is 7.27. The number of hydrazine groups is 1. The van der Waals surface area contributed by atoms with Crippen LogP contribution in [0.1, 0.15) is 15.9 Å². The Kier molecular flexibility index (Phi) is 7.88. The smallest absolute Gasteiger partial charge is 0.288 e. The summed E-state index contributed by atoms with van der Waals surface area (Å²) in [6.45, 7) is 1.61. The number of hydrogen-bond donors (Lipinski definition) is 3. The van der Waals surface area contributed by atoms with Gasteiger partial charge in [-0.05, 0) is 64.9 Å². The number of nitro groups is 1. The maximum absolute atomic E-state index is 12.1. The molecule has 2 aromatic rings. The van der Waals surface area contributed by atoms with Crippen molar-refractivity contribution in [1.82, 2.24) is 16.2 Å². The van der Waals surface area contributed by atoms with Crippen LogP contribution in [0.4, 0.5) is 5.69 Å². The summed E-state index contributed by atoms with van der Waals surface area (Å²) in [7, 11) is 0. The van der Waals surface area contributed by atoms with Gasteiger partial charge in [0.1, 0.15) is 10.8 Å². The third-order valence-electron chi connectivity index (χ3n) is 3.39. The minimum atomic E-state index is -0.707. The van der Waals surface area contributed by atoms with Gasteiger partial charge in [-0.1, -0.05) is 17.7 Å². The first-order valence-electron chi connectivity index (χ1n) is 7.90. The molecule has 0 fully saturated rings. The average Bonchev–Trinajstić information content (AvgIpc) is 2.65. The molecule has 0 aliphatic rings. The van der Waals surface area contributed by atoms with Crippen molar-refractivity contribution in [3.05, 3.63) is 67.1 Å². The molecule has 0 aromatic heterocycles.